The summed E-state index contributed by atoms with van der Waals surface area (Å²) in [7, 11) is 0. The van der Waals surface area contributed by atoms with Crippen LogP contribution in [0.5, 0.6) is 0 Å². The van der Waals surface area contributed by atoms with Gasteiger partial charge in [-0.2, -0.15) is 13.2 Å². The first-order chi connectivity index (χ1) is 17.3. The van der Waals surface area contributed by atoms with E-state index in [-0.39, 0.29) is 19.8 Å². The van der Waals surface area contributed by atoms with E-state index in [0.29, 0.717) is 85.2 Å². The fourth-order valence-electron chi connectivity index (χ4n) is 2.24. The maximum atomic E-state index is 11.9. The molecule has 0 aliphatic carbocycles. The number of alkyl halides is 3. The molecular weight excluding hydrogens is 493 g/mol. The van der Waals surface area contributed by atoms with Crippen LogP contribution in [0, 0.1) is 5.92 Å². The summed E-state index contributed by atoms with van der Waals surface area (Å²) >= 11 is 0. The fraction of sp³-hybridized carbons (Fsp3) is 0.957. The predicted molar refractivity (Wildman–Crippen MR) is 123 cm³/mol. The molecule has 0 N–H and O–H groups in total. The highest BCUT2D eigenvalue weighted by Crippen LogP contribution is 2.16. The molecule has 0 aliphatic heterocycles. The van der Waals surface area contributed by atoms with Gasteiger partial charge in [0.25, 0.3) is 0 Å². The van der Waals surface area contributed by atoms with Crippen LogP contribution < -0.4 is 0 Å². The van der Waals surface area contributed by atoms with Crippen LogP contribution in [-0.4, -0.2) is 124 Å². The van der Waals surface area contributed by atoms with Crippen molar-refractivity contribution < 1.29 is 60.6 Å². The van der Waals surface area contributed by atoms with Gasteiger partial charge in [-0.15, -0.1) is 0 Å². The van der Waals surface area contributed by atoms with Crippen LogP contribution in [0.1, 0.15) is 20.3 Å². The van der Waals surface area contributed by atoms with Gasteiger partial charge in [0, 0.05) is 6.61 Å². The van der Waals surface area contributed by atoms with Gasteiger partial charge in [-0.3, -0.25) is 0 Å². The van der Waals surface area contributed by atoms with Crippen molar-refractivity contribution in [1.82, 2.24) is 0 Å². The van der Waals surface area contributed by atoms with E-state index in [0.717, 1.165) is 13.0 Å². The van der Waals surface area contributed by atoms with Crippen LogP contribution in [-0.2, 0) is 47.4 Å². The Labute approximate surface area is 211 Å². The van der Waals surface area contributed by atoms with Gasteiger partial charge in [-0.25, -0.2) is 4.79 Å². The van der Waals surface area contributed by atoms with Crippen LogP contribution in [0.2, 0.25) is 0 Å². The van der Waals surface area contributed by atoms with Gasteiger partial charge in [-0.05, 0) is 12.3 Å². The smallest absolute Gasteiger partial charge is 0.457 e. The third-order valence-corrected chi connectivity index (χ3v) is 4.14. The van der Waals surface area contributed by atoms with E-state index in [9.17, 15) is 18.0 Å². The van der Waals surface area contributed by atoms with E-state index in [2.05, 4.69) is 18.6 Å². The monoisotopic (exact) mass is 536 g/mol. The number of rotatable bonds is 27. The van der Waals surface area contributed by atoms with Gasteiger partial charge in [-0.1, -0.05) is 13.8 Å². The average Bonchev–Trinajstić information content (AvgIpc) is 2.82. The highest BCUT2D eigenvalue weighted by atomic mass is 19.4. The molecule has 0 fully saturated rings. The molecule has 216 valence electrons. The molecule has 13 heteroatoms. The Morgan fingerprint density at radius 1 is 0.500 bits per heavy atom. The van der Waals surface area contributed by atoms with E-state index in [1.165, 1.54) is 0 Å². The Kier molecular flexibility index (Phi) is 24.8. The van der Waals surface area contributed by atoms with Crippen LogP contribution in [0.15, 0.2) is 0 Å². The SMILES string of the molecule is CC(C)CCOCCOCCOCCOCCOCCOCCOCCOCCOC(=O)C(F)(F)F. The molecule has 0 radical (unpaired) electrons. The van der Waals surface area contributed by atoms with Crippen molar-refractivity contribution in [2.45, 2.75) is 26.4 Å². The Balaban J connectivity index is 3.09. The molecule has 0 amide bonds. The molecule has 0 saturated carbocycles. The Bertz CT molecular complexity index is 482. The minimum absolute atomic E-state index is 0.139. The first kappa shape index (κ1) is 34.9. The summed E-state index contributed by atoms with van der Waals surface area (Å²) in [4.78, 5) is 10.4. The normalized spacial score (nSPS) is 11.9. The topological polar surface area (TPSA) is 100 Å². The lowest BCUT2D eigenvalue weighted by Crippen LogP contribution is -2.26. The number of carbonyl (C=O) groups is 1. The average molecular weight is 537 g/mol. The molecule has 0 spiro atoms. The van der Waals surface area contributed by atoms with Crippen LogP contribution >= 0.6 is 0 Å². The minimum atomic E-state index is -4.99. The zero-order valence-corrected chi connectivity index (χ0v) is 21.5. The lowest BCUT2D eigenvalue weighted by atomic mass is 10.1. The molecule has 36 heavy (non-hydrogen) atoms. The number of hydrogen-bond donors (Lipinski definition) is 0. The van der Waals surface area contributed by atoms with Crippen LogP contribution in [0.25, 0.3) is 0 Å². The molecule has 0 heterocycles. The number of carbonyl (C=O) groups excluding carboxylic acids is 1. The second-order valence-corrected chi connectivity index (χ2v) is 7.72. The Morgan fingerprint density at radius 2 is 0.750 bits per heavy atom. The van der Waals surface area contributed by atoms with Gasteiger partial charge >= 0.3 is 12.1 Å². The van der Waals surface area contributed by atoms with E-state index in [1.807, 2.05) is 0 Å². The van der Waals surface area contributed by atoms with E-state index in [1.54, 1.807) is 0 Å². The third-order valence-electron chi connectivity index (χ3n) is 4.14. The standard InChI is InChI=1S/C23H43F3O10/c1-21(2)3-4-28-5-6-29-7-8-30-9-10-31-11-12-32-13-14-33-15-16-34-17-18-35-19-20-36-22(27)23(24,25)26/h21H,3-20H2,1-2H3. The fourth-order valence-corrected chi connectivity index (χ4v) is 2.24. The largest absolute Gasteiger partial charge is 0.490 e. The molecule has 0 saturated heterocycles. The summed E-state index contributed by atoms with van der Waals surface area (Å²) in [6, 6.07) is 0. The van der Waals surface area contributed by atoms with Crippen molar-refractivity contribution in [1.29, 1.82) is 0 Å². The van der Waals surface area contributed by atoms with E-state index >= 15 is 0 Å². The minimum Gasteiger partial charge on any atom is -0.457 e. The van der Waals surface area contributed by atoms with Gasteiger partial charge in [0.1, 0.15) is 6.61 Å². The number of halogens is 3. The molecule has 0 aliphatic rings. The lowest BCUT2D eigenvalue weighted by Gasteiger charge is -2.09. The molecule has 0 atom stereocenters. The second kappa shape index (κ2) is 25.6. The van der Waals surface area contributed by atoms with Crippen molar-refractivity contribution in [2.75, 3.05) is 112 Å². The van der Waals surface area contributed by atoms with Crippen molar-refractivity contribution in [3.8, 4) is 0 Å². The highest BCUT2D eigenvalue weighted by molar-refractivity contribution is 5.75. The van der Waals surface area contributed by atoms with Crippen LogP contribution in [0.4, 0.5) is 13.2 Å². The van der Waals surface area contributed by atoms with Crippen molar-refractivity contribution in [3.05, 3.63) is 0 Å². The second-order valence-electron chi connectivity index (χ2n) is 7.72. The van der Waals surface area contributed by atoms with Gasteiger partial charge < -0.3 is 42.6 Å². The van der Waals surface area contributed by atoms with Crippen molar-refractivity contribution in [3.63, 3.8) is 0 Å². The van der Waals surface area contributed by atoms with Crippen molar-refractivity contribution in [2.24, 2.45) is 5.92 Å². The van der Waals surface area contributed by atoms with Gasteiger partial charge in [0.05, 0.1) is 99.1 Å². The molecular formula is C23H43F3O10. The maximum absolute atomic E-state index is 11.9. The molecule has 0 rings (SSSR count). The first-order valence-corrected chi connectivity index (χ1v) is 12.2. The summed E-state index contributed by atoms with van der Waals surface area (Å²) in [5, 5.41) is 0. The predicted octanol–water partition coefficient (Wildman–Crippen LogP) is 2.27. The van der Waals surface area contributed by atoms with Gasteiger partial charge in [0.2, 0.25) is 0 Å². The van der Waals surface area contributed by atoms with Crippen LogP contribution in [0.3, 0.4) is 0 Å². The summed E-state index contributed by atoms with van der Waals surface area (Å²) in [5.74, 6) is -1.58. The van der Waals surface area contributed by atoms with E-state index < -0.39 is 18.8 Å². The maximum Gasteiger partial charge on any atom is 0.490 e. The first-order valence-electron chi connectivity index (χ1n) is 12.2. The summed E-state index contributed by atoms with van der Waals surface area (Å²) in [5.41, 5.74) is 0. The Morgan fingerprint density at radius 3 is 1.00 bits per heavy atom. The van der Waals surface area contributed by atoms with E-state index in [4.69, 9.17) is 37.9 Å². The molecule has 0 unspecified atom stereocenters. The molecule has 0 aromatic heterocycles. The quantitative estimate of drug-likeness (QED) is 0.115. The number of ether oxygens (including phenoxy) is 9. The lowest BCUT2D eigenvalue weighted by molar-refractivity contribution is -0.200. The molecule has 0 aromatic carbocycles. The third kappa shape index (κ3) is 27.5. The molecule has 0 bridgehead atoms. The highest BCUT2D eigenvalue weighted by Gasteiger charge is 2.40. The number of hydrogen-bond acceptors (Lipinski definition) is 10. The molecule has 10 nitrogen and oxygen atoms in total. The molecule has 0 aromatic rings. The zero-order chi connectivity index (χ0) is 26.7. The van der Waals surface area contributed by atoms with Gasteiger partial charge in [0.15, 0.2) is 0 Å². The van der Waals surface area contributed by atoms with Crippen molar-refractivity contribution >= 4 is 5.97 Å². The zero-order valence-electron chi connectivity index (χ0n) is 21.5. The summed E-state index contributed by atoms with van der Waals surface area (Å²) in [6.07, 6.45) is -3.93. The Hall–Kier alpha value is -1.06. The summed E-state index contributed by atoms with van der Waals surface area (Å²) in [6.45, 7) is 10.6. The summed E-state index contributed by atoms with van der Waals surface area (Å²) < 4.78 is 82.2. The number of esters is 1.